The number of carbonyl (C=O) groups excluding carboxylic acids is 2. The first-order chi connectivity index (χ1) is 11.5. The van der Waals surface area contributed by atoms with Crippen LogP contribution in [0, 0.1) is 11.6 Å². The fourth-order valence-corrected chi connectivity index (χ4v) is 2.97. The number of halogens is 2. The molecule has 0 aromatic heterocycles. The number of nitrogens with zero attached hydrogens (tertiary/aromatic N) is 1. The topological polar surface area (TPSA) is 57.6 Å². The largest absolute Gasteiger partial charge is 0.391 e. The number of aliphatic hydroxyl groups is 1. The van der Waals surface area contributed by atoms with Gasteiger partial charge in [0.2, 0.25) is 0 Å². The molecule has 0 saturated carbocycles. The average molecular weight is 331 g/mol. The van der Waals surface area contributed by atoms with Gasteiger partial charge in [0.25, 0.3) is 5.91 Å². The third kappa shape index (κ3) is 3.05. The summed E-state index contributed by atoms with van der Waals surface area (Å²) >= 11 is 0. The molecule has 1 N–H and O–H groups in total. The number of rotatable bonds is 3. The summed E-state index contributed by atoms with van der Waals surface area (Å²) in [6.45, 7) is 0.0366. The maximum atomic E-state index is 14.1. The Kier molecular flexibility index (Phi) is 4.40. The van der Waals surface area contributed by atoms with Crippen LogP contribution in [0.15, 0.2) is 42.5 Å². The van der Waals surface area contributed by atoms with Gasteiger partial charge in [-0.05, 0) is 36.8 Å². The van der Waals surface area contributed by atoms with Crippen LogP contribution in [0.1, 0.15) is 38.7 Å². The minimum absolute atomic E-state index is 0.0366. The number of hydrogen-bond donors (Lipinski definition) is 1. The first-order valence-corrected chi connectivity index (χ1v) is 7.49. The van der Waals surface area contributed by atoms with Crippen LogP contribution in [0.2, 0.25) is 0 Å². The van der Waals surface area contributed by atoms with E-state index >= 15 is 0 Å². The Hall–Kier alpha value is -2.60. The zero-order valence-electron chi connectivity index (χ0n) is 12.7. The first kappa shape index (κ1) is 16.3. The van der Waals surface area contributed by atoms with Crippen LogP contribution < -0.4 is 0 Å². The van der Waals surface area contributed by atoms with Crippen molar-refractivity contribution in [2.24, 2.45) is 0 Å². The highest BCUT2D eigenvalue weighted by Crippen LogP contribution is 2.35. The van der Waals surface area contributed by atoms with E-state index in [0.29, 0.717) is 17.4 Å². The maximum absolute atomic E-state index is 14.1. The summed E-state index contributed by atoms with van der Waals surface area (Å²) < 4.78 is 27.5. The minimum atomic E-state index is -0.809. The van der Waals surface area contributed by atoms with E-state index in [1.807, 2.05) is 0 Å². The van der Waals surface area contributed by atoms with Crippen molar-refractivity contribution in [2.75, 3.05) is 6.54 Å². The highest BCUT2D eigenvalue weighted by molar-refractivity contribution is 5.95. The molecule has 6 heteroatoms. The number of β-amino-alcohol motifs (C(OH)–C–C–N with tert-alkyl or cyclic N) is 1. The van der Waals surface area contributed by atoms with Crippen LogP contribution in [0.25, 0.3) is 0 Å². The molecule has 24 heavy (non-hydrogen) atoms. The van der Waals surface area contributed by atoms with Gasteiger partial charge in [-0.1, -0.05) is 12.1 Å². The third-order valence-corrected chi connectivity index (χ3v) is 4.15. The highest BCUT2D eigenvalue weighted by Gasteiger charge is 2.37. The summed E-state index contributed by atoms with van der Waals surface area (Å²) in [6.07, 6.45) is -0.00648. The quantitative estimate of drug-likeness (QED) is 0.880. The molecule has 1 amide bonds. The van der Waals surface area contributed by atoms with Crippen molar-refractivity contribution in [1.29, 1.82) is 0 Å². The number of aldehydes is 1. The Morgan fingerprint density at radius 1 is 1.17 bits per heavy atom. The summed E-state index contributed by atoms with van der Waals surface area (Å²) in [5.41, 5.74) is 0.793. The van der Waals surface area contributed by atoms with Gasteiger partial charge in [-0.25, -0.2) is 8.78 Å². The molecule has 0 radical (unpaired) electrons. The third-order valence-electron chi connectivity index (χ3n) is 4.15. The number of carbonyl (C=O) groups is 2. The fraction of sp³-hybridized carbons (Fsp3) is 0.222. The van der Waals surface area contributed by atoms with Crippen molar-refractivity contribution in [1.82, 2.24) is 4.90 Å². The molecule has 1 aliphatic heterocycles. The predicted octanol–water partition coefficient (Wildman–Crippen LogP) is 2.73. The number of amides is 1. The Morgan fingerprint density at radius 3 is 2.54 bits per heavy atom. The maximum Gasteiger partial charge on any atom is 0.254 e. The second-order valence-corrected chi connectivity index (χ2v) is 5.77. The fourth-order valence-electron chi connectivity index (χ4n) is 2.97. The predicted molar refractivity (Wildman–Crippen MR) is 82.6 cm³/mol. The second-order valence-electron chi connectivity index (χ2n) is 5.77. The van der Waals surface area contributed by atoms with Crippen molar-refractivity contribution in [2.45, 2.75) is 18.6 Å². The van der Waals surface area contributed by atoms with E-state index in [1.54, 1.807) is 0 Å². The molecule has 1 aliphatic rings. The van der Waals surface area contributed by atoms with Crippen LogP contribution in [-0.4, -0.2) is 34.8 Å². The monoisotopic (exact) mass is 331 g/mol. The van der Waals surface area contributed by atoms with Gasteiger partial charge in [0.05, 0.1) is 12.1 Å². The molecule has 0 spiro atoms. The zero-order chi connectivity index (χ0) is 17.3. The minimum Gasteiger partial charge on any atom is -0.391 e. The SMILES string of the molecule is O=Cc1ccc(C(=O)N2CC(O)CC2c2cc(F)ccc2F)cc1. The Bertz CT molecular complexity index is 776. The molecule has 4 nitrogen and oxygen atoms in total. The number of aliphatic hydroxyl groups excluding tert-OH is 1. The average Bonchev–Trinajstić information content (AvgIpc) is 2.98. The Balaban J connectivity index is 1.93. The number of benzene rings is 2. The van der Waals surface area contributed by atoms with Gasteiger partial charge in [0.1, 0.15) is 17.9 Å². The lowest BCUT2D eigenvalue weighted by Crippen LogP contribution is -2.32. The summed E-state index contributed by atoms with van der Waals surface area (Å²) in [5.74, 6) is -1.63. The van der Waals surface area contributed by atoms with E-state index < -0.39 is 29.7 Å². The molecule has 124 valence electrons. The van der Waals surface area contributed by atoms with Gasteiger partial charge in [-0.15, -0.1) is 0 Å². The second kappa shape index (κ2) is 6.49. The summed E-state index contributed by atoms with van der Waals surface area (Å²) in [7, 11) is 0. The van der Waals surface area contributed by atoms with Crippen LogP contribution in [0.3, 0.4) is 0 Å². The number of likely N-dealkylation sites (tertiary alicyclic amines) is 1. The van der Waals surface area contributed by atoms with E-state index in [0.717, 1.165) is 18.2 Å². The Morgan fingerprint density at radius 2 is 1.88 bits per heavy atom. The molecule has 1 fully saturated rings. The summed E-state index contributed by atoms with van der Waals surface area (Å²) in [4.78, 5) is 24.7. The normalized spacial score (nSPS) is 20.2. The van der Waals surface area contributed by atoms with Crippen molar-refractivity contribution in [3.8, 4) is 0 Å². The molecule has 2 unspecified atom stereocenters. The van der Waals surface area contributed by atoms with Crippen LogP contribution in [0.4, 0.5) is 8.78 Å². The lowest BCUT2D eigenvalue weighted by molar-refractivity contribution is 0.0713. The van der Waals surface area contributed by atoms with Crippen LogP contribution >= 0.6 is 0 Å². The van der Waals surface area contributed by atoms with Crippen LogP contribution in [0.5, 0.6) is 0 Å². The zero-order valence-corrected chi connectivity index (χ0v) is 12.7. The molecule has 2 aromatic carbocycles. The summed E-state index contributed by atoms with van der Waals surface area (Å²) in [5, 5.41) is 9.91. The standard InChI is InChI=1S/C18H15F2NO3/c19-13-5-6-16(20)15(7-13)17-8-14(23)9-21(17)18(24)12-3-1-11(10-22)2-4-12/h1-7,10,14,17,23H,8-9H2. The molecule has 2 atom stereocenters. The van der Waals surface area contributed by atoms with E-state index in [9.17, 15) is 23.5 Å². The van der Waals surface area contributed by atoms with E-state index in [-0.39, 0.29) is 18.5 Å². The first-order valence-electron chi connectivity index (χ1n) is 7.49. The van der Waals surface area contributed by atoms with Crippen molar-refractivity contribution >= 4 is 12.2 Å². The molecule has 0 bridgehead atoms. The lowest BCUT2D eigenvalue weighted by Gasteiger charge is -2.25. The van der Waals surface area contributed by atoms with Gasteiger partial charge >= 0.3 is 0 Å². The lowest BCUT2D eigenvalue weighted by atomic mass is 10.0. The molecule has 2 aromatic rings. The highest BCUT2D eigenvalue weighted by atomic mass is 19.1. The van der Waals surface area contributed by atoms with Crippen molar-refractivity contribution < 1.29 is 23.5 Å². The van der Waals surface area contributed by atoms with Gasteiger partial charge in [0.15, 0.2) is 0 Å². The van der Waals surface area contributed by atoms with E-state index in [2.05, 4.69) is 0 Å². The molecule has 1 heterocycles. The molecule has 0 aliphatic carbocycles. The Labute approximate surface area is 137 Å². The molecular weight excluding hydrogens is 316 g/mol. The summed E-state index contributed by atoms with van der Waals surface area (Å²) in [6, 6.07) is 8.33. The van der Waals surface area contributed by atoms with Crippen molar-refractivity contribution in [3.05, 3.63) is 70.8 Å². The van der Waals surface area contributed by atoms with Gasteiger partial charge in [-0.2, -0.15) is 0 Å². The van der Waals surface area contributed by atoms with Crippen molar-refractivity contribution in [3.63, 3.8) is 0 Å². The van der Waals surface area contributed by atoms with Gasteiger partial charge in [0, 0.05) is 23.2 Å². The van der Waals surface area contributed by atoms with Gasteiger partial charge < -0.3 is 10.0 Å². The number of hydrogen-bond acceptors (Lipinski definition) is 3. The smallest absolute Gasteiger partial charge is 0.254 e. The molecular formula is C18H15F2NO3. The molecule has 3 rings (SSSR count). The molecule has 1 saturated heterocycles. The van der Waals surface area contributed by atoms with Gasteiger partial charge in [-0.3, -0.25) is 9.59 Å². The van der Waals surface area contributed by atoms with E-state index in [4.69, 9.17) is 0 Å². The van der Waals surface area contributed by atoms with E-state index in [1.165, 1.54) is 29.2 Å². The van der Waals surface area contributed by atoms with Crippen LogP contribution in [-0.2, 0) is 0 Å².